The lowest BCUT2D eigenvalue weighted by molar-refractivity contribution is -0.619. The van der Waals surface area contributed by atoms with E-state index in [9.17, 15) is 22.4 Å². The van der Waals surface area contributed by atoms with Crippen LogP contribution in [0.15, 0.2) is 48.5 Å². The quantitative estimate of drug-likeness (QED) is 0.454. The second kappa shape index (κ2) is 8.27. The summed E-state index contributed by atoms with van der Waals surface area (Å²) in [6.45, 7) is -4.63. The van der Waals surface area contributed by atoms with Crippen molar-refractivity contribution in [3.8, 4) is 22.6 Å². The van der Waals surface area contributed by atoms with Crippen LogP contribution in [-0.2, 0) is 10.0 Å². The van der Waals surface area contributed by atoms with Crippen molar-refractivity contribution in [2.75, 3.05) is 10.5 Å². The molecule has 0 aliphatic rings. The SMILES string of the molecule is [2H]C([2H])([2H])c1cc(-c2cc(NS(=O)(=O)CC)ccc2Oc2ccc(F)cc2F)cc(C([2H])([2H])[2H])[n+]1[O-]. The smallest absolute Gasteiger partial charge is 0.232 e. The van der Waals surface area contributed by atoms with E-state index in [0.29, 0.717) is 6.07 Å². The fraction of sp³-hybridized carbons (Fsp3) is 0.190. The fourth-order valence-electron chi connectivity index (χ4n) is 2.58. The topological polar surface area (TPSA) is 82.3 Å². The average Bonchev–Trinajstić information content (AvgIpc) is 2.75. The molecular formula is C21H20F2N2O4S. The lowest BCUT2D eigenvalue weighted by atomic mass is 10.0. The van der Waals surface area contributed by atoms with Crippen molar-refractivity contribution in [3.05, 3.63) is 76.8 Å². The molecule has 1 N–H and O–H groups in total. The van der Waals surface area contributed by atoms with Gasteiger partial charge in [-0.2, -0.15) is 4.73 Å². The maximum absolute atomic E-state index is 14.3. The molecule has 0 saturated heterocycles. The average molecular weight is 441 g/mol. The molecule has 0 bridgehead atoms. The molecule has 6 nitrogen and oxygen atoms in total. The van der Waals surface area contributed by atoms with E-state index in [-0.39, 0.29) is 33.0 Å². The normalized spacial score (nSPS) is 15.2. The van der Waals surface area contributed by atoms with Crippen LogP contribution in [0.25, 0.3) is 11.1 Å². The van der Waals surface area contributed by atoms with Crippen LogP contribution in [0, 0.1) is 30.5 Å². The summed E-state index contributed by atoms with van der Waals surface area (Å²) in [5.74, 6) is -2.77. The molecule has 2 aromatic carbocycles. The monoisotopic (exact) mass is 440 g/mol. The van der Waals surface area contributed by atoms with E-state index < -0.39 is 52.5 Å². The number of pyridine rings is 1. The van der Waals surface area contributed by atoms with Crippen molar-refractivity contribution in [2.24, 2.45) is 0 Å². The predicted molar refractivity (Wildman–Crippen MR) is 110 cm³/mol. The molecule has 1 heterocycles. The molecule has 3 rings (SSSR count). The number of aryl methyl sites for hydroxylation is 2. The molecule has 0 atom stereocenters. The Bertz CT molecular complexity index is 1380. The van der Waals surface area contributed by atoms with Gasteiger partial charge in [-0.1, -0.05) is 0 Å². The van der Waals surface area contributed by atoms with Gasteiger partial charge in [-0.15, -0.1) is 0 Å². The Balaban J connectivity index is 2.30. The van der Waals surface area contributed by atoms with Gasteiger partial charge in [0.2, 0.25) is 10.0 Å². The molecule has 0 spiro atoms. The highest BCUT2D eigenvalue weighted by atomic mass is 32.2. The predicted octanol–water partition coefficient (Wildman–Crippen LogP) is 4.44. The number of hydrogen-bond acceptors (Lipinski definition) is 4. The minimum atomic E-state index is -3.75. The largest absolute Gasteiger partial charge is 0.618 e. The number of ether oxygens (including phenoxy) is 1. The molecule has 0 radical (unpaired) electrons. The van der Waals surface area contributed by atoms with Crippen molar-refractivity contribution in [1.82, 2.24) is 0 Å². The van der Waals surface area contributed by atoms with Gasteiger partial charge in [0.15, 0.2) is 23.0 Å². The first-order valence-electron chi connectivity index (χ1n) is 11.6. The Hall–Kier alpha value is -3.20. The molecule has 0 amide bonds. The van der Waals surface area contributed by atoms with Crippen LogP contribution in [0.4, 0.5) is 14.5 Å². The van der Waals surface area contributed by atoms with Gasteiger partial charge in [-0.05, 0) is 42.8 Å². The molecule has 3 aromatic rings. The van der Waals surface area contributed by atoms with Crippen molar-refractivity contribution >= 4 is 15.7 Å². The first kappa shape index (κ1) is 14.7. The molecule has 9 heteroatoms. The first-order chi connectivity index (χ1) is 16.5. The number of hydrogen-bond donors (Lipinski definition) is 1. The molecule has 30 heavy (non-hydrogen) atoms. The third-order valence-electron chi connectivity index (χ3n) is 4.08. The highest BCUT2D eigenvalue weighted by Crippen LogP contribution is 2.37. The molecule has 0 unspecified atom stereocenters. The zero-order valence-corrected chi connectivity index (χ0v) is 16.4. The maximum Gasteiger partial charge on any atom is 0.232 e. The van der Waals surface area contributed by atoms with Crippen molar-refractivity contribution in [2.45, 2.75) is 20.6 Å². The van der Waals surface area contributed by atoms with Gasteiger partial charge in [0.05, 0.1) is 5.75 Å². The number of benzene rings is 2. The van der Waals surface area contributed by atoms with E-state index in [1.807, 2.05) is 0 Å². The zero-order chi connectivity index (χ0) is 27.1. The third-order valence-corrected chi connectivity index (χ3v) is 5.39. The second-order valence-corrected chi connectivity index (χ2v) is 8.21. The van der Waals surface area contributed by atoms with E-state index >= 15 is 0 Å². The standard InChI is InChI=1S/C21H20F2N2O4S/c1-4-30(27,28)24-17-6-8-20(29-21-7-5-16(22)11-19(21)23)18(12-17)15-9-13(2)25(26)14(3)10-15/h5-12,24H,4H2,1-3H3/i2D3,3D3. The summed E-state index contributed by atoms with van der Waals surface area (Å²) in [6.07, 6.45) is 0. The van der Waals surface area contributed by atoms with Crippen LogP contribution >= 0.6 is 0 Å². The fourth-order valence-corrected chi connectivity index (χ4v) is 3.21. The number of nitrogens with zero attached hydrogens (tertiary/aromatic N) is 1. The summed E-state index contributed by atoms with van der Waals surface area (Å²) in [5, 5.41) is 12.6. The molecular weight excluding hydrogens is 414 g/mol. The zero-order valence-electron chi connectivity index (χ0n) is 21.6. The van der Waals surface area contributed by atoms with Crippen molar-refractivity contribution in [1.29, 1.82) is 0 Å². The van der Waals surface area contributed by atoms with Crippen molar-refractivity contribution < 1.29 is 34.9 Å². The third kappa shape index (κ3) is 4.68. The van der Waals surface area contributed by atoms with Gasteiger partial charge in [-0.25, -0.2) is 17.2 Å². The Morgan fingerprint density at radius 3 is 2.33 bits per heavy atom. The summed E-state index contributed by atoms with van der Waals surface area (Å²) in [6, 6.07) is 8.05. The minimum absolute atomic E-state index is 0.00324. The number of anilines is 1. The summed E-state index contributed by atoms with van der Waals surface area (Å²) in [7, 11) is -3.75. The lowest BCUT2D eigenvalue weighted by Gasteiger charge is -2.15. The van der Waals surface area contributed by atoms with E-state index in [1.165, 1.54) is 25.1 Å². The number of halogens is 2. The van der Waals surface area contributed by atoms with Crippen LogP contribution in [0.1, 0.15) is 26.5 Å². The Kier molecular flexibility index (Phi) is 4.06. The molecule has 0 saturated carbocycles. The van der Waals surface area contributed by atoms with Crippen LogP contribution in [0.5, 0.6) is 11.5 Å². The van der Waals surface area contributed by atoms with Gasteiger partial charge in [0.25, 0.3) is 0 Å². The number of aromatic nitrogens is 1. The minimum Gasteiger partial charge on any atom is -0.618 e. The van der Waals surface area contributed by atoms with Gasteiger partial charge >= 0.3 is 0 Å². The Morgan fingerprint density at radius 2 is 1.73 bits per heavy atom. The van der Waals surface area contributed by atoms with Gasteiger partial charge in [0.1, 0.15) is 11.6 Å². The van der Waals surface area contributed by atoms with Crippen LogP contribution < -0.4 is 14.2 Å². The van der Waals surface area contributed by atoms with E-state index in [2.05, 4.69) is 4.72 Å². The number of nitrogens with one attached hydrogen (secondary N) is 1. The number of rotatable bonds is 6. The van der Waals surface area contributed by atoms with Gasteiger partial charge < -0.3 is 9.94 Å². The summed E-state index contributed by atoms with van der Waals surface area (Å²) in [5.41, 5.74) is -1.90. The summed E-state index contributed by atoms with van der Waals surface area (Å²) >= 11 is 0. The molecule has 0 aliphatic heterocycles. The number of sulfonamides is 1. The summed E-state index contributed by atoms with van der Waals surface area (Å²) < 4.78 is 105. The molecule has 0 aliphatic carbocycles. The summed E-state index contributed by atoms with van der Waals surface area (Å²) in [4.78, 5) is 0. The maximum atomic E-state index is 14.3. The van der Waals surface area contributed by atoms with Gasteiger partial charge in [-0.3, -0.25) is 4.72 Å². The second-order valence-electron chi connectivity index (χ2n) is 6.20. The lowest BCUT2D eigenvalue weighted by Crippen LogP contribution is -2.33. The van der Waals surface area contributed by atoms with E-state index in [1.54, 1.807) is 0 Å². The van der Waals surface area contributed by atoms with Crippen molar-refractivity contribution in [3.63, 3.8) is 0 Å². The molecule has 1 aromatic heterocycles. The highest BCUT2D eigenvalue weighted by molar-refractivity contribution is 7.92. The Labute approximate surface area is 181 Å². The molecule has 158 valence electrons. The van der Waals surface area contributed by atoms with E-state index in [4.69, 9.17) is 13.0 Å². The van der Waals surface area contributed by atoms with E-state index in [0.717, 1.165) is 24.3 Å². The first-order valence-corrected chi connectivity index (χ1v) is 10.2. The van der Waals surface area contributed by atoms with Gasteiger partial charge in [0, 0.05) is 51.4 Å². The molecule has 0 fully saturated rings. The van der Waals surface area contributed by atoms with Crippen LogP contribution in [0.3, 0.4) is 0 Å². The van der Waals surface area contributed by atoms with Crippen LogP contribution in [-0.4, -0.2) is 14.2 Å². The van der Waals surface area contributed by atoms with Crippen LogP contribution in [0.2, 0.25) is 0 Å². The highest BCUT2D eigenvalue weighted by Gasteiger charge is 2.17. The Morgan fingerprint density at radius 1 is 1.07 bits per heavy atom.